The molecule has 20 heavy (non-hydrogen) atoms. The molecule has 1 amide bonds. The van der Waals surface area contributed by atoms with Crippen LogP contribution in [-0.4, -0.2) is 5.91 Å². The van der Waals surface area contributed by atoms with Crippen molar-refractivity contribution in [2.24, 2.45) is 5.73 Å². The van der Waals surface area contributed by atoms with Gasteiger partial charge in [0.1, 0.15) is 12.4 Å². The van der Waals surface area contributed by atoms with Crippen molar-refractivity contribution in [1.82, 2.24) is 0 Å². The molecule has 0 fully saturated rings. The molecule has 0 saturated carbocycles. The molecule has 2 N–H and O–H groups in total. The maximum atomic E-state index is 10.6. The Morgan fingerprint density at radius 1 is 1.15 bits per heavy atom. The molecule has 0 atom stereocenters. The highest BCUT2D eigenvalue weighted by Crippen LogP contribution is 2.16. The lowest BCUT2D eigenvalue weighted by Gasteiger charge is -2.08. The SMILES string of the molecule is Cc1ccccc1COc1ccc(/C=C/C(N)=O)cc1. The lowest BCUT2D eigenvalue weighted by Crippen LogP contribution is -2.05. The van der Waals surface area contributed by atoms with E-state index < -0.39 is 5.91 Å². The maximum Gasteiger partial charge on any atom is 0.241 e. The van der Waals surface area contributed by atoms with Gasteiger partial charge in [-0.15, -0.1) is 0 Å². The molecular formula is C17H17NO2. The molecule has 0 aliphatic carbocycles. The molecule has 0 unspecified atom stereocenters. The smallest absolute Gasteiger partial charge is 0.241 e. The monoisotopic (exact) mass is 267 g/mol. The third-order valence-electron chi connectivity index (χ3n) is 2.98. The van der Waals surface area contributed by atoms with Gasteiger partial charge in [0, 0.05) is 6.08 Å². The summed E-state index contributed by atoms with van der Waals surface area (Å²) in [5.41, 5.74) is 8.34. The number of rotatable bonds is 5. The van der Waals surface area contributed by atoms with Crippen molar-refractivity contribution in [2.45, 2.75) is 13.5 Å². The van der Waals surface area contributed by atoms with Gasteiger partial charge in [0.15, 0.2) is 0 Å². The molecule has 0 aliphatic heterocycles. The molecule has 0 heterocycles. The number of hydrogen-bond acceptors (Lipinski definition) is 2. The van der Waals surface area contributed by atoms with Crippen molar-refractivity contribution < 1.29 is 9.53 Å². The van der Waals surface area contributed by atoms with Crippen LogP contribution in [0.5, 0.6) is 5.75 Å². The van der Waals surface area contributed by atoms with Crippen LogP contribution >= 0.6 is 0 Å². The number of hydrogen-bond donors (Lipinski definition) is 1. The summed E-state index contributed by atoms with van der Waals surface area (Å²) in [4.78, 5) is 10.6. The van der Waals surface area contributed by atoms with Crippen LogP contribution in [0, 0.1) is 6.92 Å². The normalized spacial score (nSPS) is 10.7. The number of nitrogens with two attached hydrogens (primary N) is 1. The molecule has 102 valence electrons. The first-order valence-corrected chi connectivity index (χ1v) is 6.40. The Morgan fingerprint density at radius 3 is 2.50 bits per heavy atom. The van der Waals surface area contributed by atoms with Gasteiger partial charge in [0.25, 0.3) is 0 Å². The van der Waals surface area contributed by atoms with E-state index in [4.69, 9.17) is 10.5 Å². The molecule has 0 spiro atoms. The van der Waals surface area contributed by atoms with Gasteiger partial charge >= 0.3 is 0 Å². The fourth-order valence-electron chi connectivity index (χ4n) is 1.79. The predicted molar refractivity (Wildman–Crippen MR) is 80.2 cm³/mol. The van der Waals surface area contributed by atoms with Gasteiger partial charge in [-0.3, -0.25) is 4.79 Å². The Morgan fingerprint density at radius 2 is 1.85 bits per heavy atom. The van der Waals surface area contributed by atoms with E-state index in [1.54, 1.807) is 6.08 Å². The first-order chi connectivity index (χ1) is 9.65. The predicted octanol–water partition coefficient (Wildman–Crippen LogP) is 3.07. The quantitative estimate of drug-likeness (QED) is 0.846. The molecule has 3 nitrogen and oxygen atoms in total. The van der Waals surface area contributed by atoms with E-state index >= 15 is 0 Å². The second-order valence-electron chi connectivity index (χ2n) is 4.52. The summed E-state index contributed by atoms with van der Waals surface area (Å²) in [6.45, 7) is 2.61. The van der Waals surface area contributed by atoms with Gasteiger partial charge in [-0.2, -0.15) is 0 Å². The van der Waals surface area contributed by atoms with E-state index in [0.29, 0.717) is 6.61 Å². The fraction of sp³-hybridized carbons (Fsp3) is 0.118. The van der Waals surface area contributed by atoms with Gasteiger partial charge in [-0.05, 0) is 41.8 Å². The zero-order valence-electron chi connectivity index (χ0n) is 11.4. The third-order valence-corrected chi connectivity index (χ3v) is 2.98. The minimum absolute atomic E-state index is 0.454. The second kappa shape index (κ2) is 6.57. The van der Waals surface area contributed by atoms with Crippen LogP contribution in [0.1, 0.15) is 16.7 Å². The van der Waals surface area contributed by atoms with E-state index in [2.05, 4.69) is 19.1 Å². The molecule has 0 saturated heterocycles. The number of carbonyl (C=O) groups excluding carboxylic acids is 1. The van der Waals surface area contributed by atoms with Crippen LogP contribution in [0.2, 0.25) is 0 Å². The Labute approximate surface area is 118 Å². The fourth-order valence-corrected chi connectivity index (χ4v) is 1.79. The molecule has 0 aromatic heterocycles. The number of amides is 1. The third kappa shape index (κ3) is 3.99. The minimum Gasteiger partial charge on any atom is -0.489 e. The van der Waals surface area contributed by atoms with Crippen LogP contribution in [0.25, 0.3) is 6.08 Å². The number of benzene rings is 2. The van der Waals surface area contributed by atoms with Crippen molar-refractivity contribution in [3.05, 3.63) is 71.3 Å². The summed E-state index contributed by atoms with van der Waals surface area (Å²) in [6, 6.07) is 15.6. The second-order valence-corrected chi connectivity index (χ2v) is 4.52. The number of aryl methyl sites for hydroxylation is 1. The maximum absolute atomic E-state index is 10.6. The van der Waals surface area contributed by atoms with Crippen molar-refractivity contribution in [2.75, 3.05) is 0 Å². The molecular weight excluding hydrogens is 250 g/mol. The molecule has 0 radical (unpaired) electrons. The van der Waals surface area contributed by atoms with Crippen molar-refractivity contribution >= 4 is 12.0 Å². The standard InChI is InChI=1S/C17H17NO2/c1-13-4-2-3-5-15(13)12-20-16-9-6-14(7-10-16)8-11-17(18)19/h2-11H,12H2,1H3,(H2,18,19)/b11-8+. The molecule has 3 heteroatoms. The highest BCUT2D eigenvalue weighted by molar-refractivity contribution is 5.90. The average molecular weight is 267 g/mol. The minimum atomic E-state index is -0.454. The summed E-state index contributed by atoms with van der Waals surface area (Å²) in [6.07, 6.45) is 3.01. The summed E-state index contributed by atoms with van der Waals surface area (Å²) in [5, 5.41) is 0. The highest BCUT2D eigenvalue weighted by Gasteiger charge is 1.99. The Bertz CT molecular complexity index is 615. The Kier molecular flexibility index (Phi) is 4.56. The van der Waals surface area contributed by atoms with Crippen molar-refractivity contribution in [3.8, 4) is 5.75 Å². The molecule has 0 bridgehead atoms. The van der Waals surface area contributed by atoms with Crippen molar-refractivity contribution in [3.63, 3.8) is 0 Å². The highest BCUT2D eigenvalue weighted by atomic mass is 16.5. The van der Waals surface area contributed by atoms with Gasteiger partial charge in [0.2, 0.25) is 5.91 Å². The lowest BCUT2D eigenvalue weighted by atomic mass is 10.1. The van der Waals surface area contributed by atoms with Crippen LogP contribution < -0.4 is 10.5 Å². The number of primary amides is 1. The van der Waals surface area contributed by atoms with Crippen LogP contribution in [0.4, 0.5) is 0 Å². The van der Waals surface area contributed by atoms with E-state index in [-0.39, 0.29) is 0 Å². The summed E-state index contributed by atoms with van der Waals surface area (Å²) >= 11 is 0. The number of ether oxygens (including phenoxy) is 1. The molecule has 2 aromatic carbocycles. The van der Waals surface area contributed by atoms with Crippen molar-refractivity contribution in [1.29, 1.82) is 0 Å². The lowest BCUT2D eigenvalue weighted by molar-refractivity contribution is -0.113. The van der Waals surface area contributed by atoms with E-state index in [1.165, 1.54) is 17.2 Å². The number of carbonyl (C=O) groups is 1. The molecule has 0 aliphatic rings. The van der Waals surface area contributed by atoms with Crippen LogP contribution in [0.15, 0.2) is 54.6 Å². The summed E-state index contributed by atoms with van der Waals surface area (Å²) in [5.74, 6) is 0.342. The summed E-state index contributed by atoms with van der Waals surface area (Å²) < 4.78 is 5.74. The Hall–Kier alpha value is -2.55. The zero-order chi connectivity index (χ0) is 14.4. The molecule has 2 aromatic rings. The van der Waals surface area contributed by atoms with Gasteiger partial charge in [-0.25, -0.2) is 0 Å². The van der Waals surface area contributed by atoms with Gasteiger partial charge in [0.05, 0.1) is 0 Å². The molecule has 2 rings (SSSR count). The van der Waals surface area contributed by atoms with Gasteiger partial charge in [-0.1, -0.05) is 36.4 Å². The van der Waals surface area contributed by atoms with Gasteiger partial charge < -0.3 is 10.5 Å². The van der Waals surface area contributed by atoms with Crippen LogP contribution in [0.3, 0.4) is 0 Å². The first-order valence-electron chi connectivity index (χ1n) is 6.40. The summed E-state index contributed by atoms with van der Waals surface area (Å²) in [7, 11) is 0. The average Bonchev–Trinajstić information content (AvgIpc) is 2.45. The van der Waals surface area contributed by atoms with E-state index in [0.717, 1.165) is 11.3 Å². The zero-order valence-corrected chi connectivity index (χ0v) is 11.4. The van der Waals surface area contributed by atoms with E-state index in [1.807, 2.05) is 36.4 Å². The van der Waals surface area contributed by atoms with E-state index in [9.17, 15) is 4.79 Å². The first kappa shape index (κ1) is 13.9. The Balaban J connectivity index is 1.97. The topological polar surface area (TPSA) is 52.3 Å². The van der Waals surface area contributed by atoms with Crippen LogP contribution in [-0.2, 0) is 11.4 Å². The largest absolute Gasteiger partial charge is 0.489 e.